The highest BCUT2D eigenvalue weighted by Crippen LogP contribution is 2.36. The van der Waals surface area contributed by atoms with E-state index in [-0.39, 0.29) is 11.5 Å². The summed E-state index contributed by atoms with van der Waals surface area (Å²) in [4.78, 5) is 0. The molecule has 1 atom stereocenters. The van der Waals surface area contributed by atoms with Crippen molar-refractivity contribution in [3.05, 3.63) is 35.0 Å². The molecule has 0 saturated carbocycles. The topological polar surface area (TPSA) is 25.2 Å². The standard InChI is InChI=1S/C16H22ClNO/c1-5-8-18-15(16(2,3)4)14-10-11-9-12(17)6-7-13(11)19-14/h6-7,9-10,15,18H,5,8H2,1-4H3. The molecule has 1 aromatic heterocycles. The van der Waals surface area contributed by atoms with Crippen molar-refractivity contribution in [3.63, 3.8) is 0 Å². The van der Waals surface area contributed by atoms with Gasteiger partial charge in [-0.1, -0.05) is 39.3 Å². The first-order valence-corrected chi connectivity index (χ1v) is 7.22. The van der Waals surface area contributed by atoms with Crippen LogP contribution in [-0.4, -0.2) is 6.54 Å². The molecule has 0 fully saturated rings. The Kier molecular flexibility index (Phi) is 4.22. The van der Waals surface area contributed by atoms with Crippen LogP contribution in [0.4, 0.5) is 0 Å². The molecular weight excluding hydrogens is 258 g/mol. The van der Waals surface area contributed by atoms with E-state index in [1.165, 1.54) is 0 Å². The van der Waals surface area contributed by atoms with Gasteiger partial charge in [0.25, 0.3) is 0 Å². The molecule has 1 unspecified atom stereocenters. The van der Waals surface area contributed by atoms with E-state index in [2.05, 4.69) is 39.1 Å². The molecule has 2 aromatic rings. The lowest BCUT2D eigenvalue weighted by Crippen LogP contribution is -2.32. The minimum Gasteiger partial charge on any atom is -0.459 e. The van der Waals surface area contributed by atoms with Gasteiger partial charge in [-0.15, -0.1) is 0 Å². The lowest BCUT2D eigenvalue weighted by molar-refractivity contribution is 0.242. The van der Waals surface area contributed by atoms with Gasteiger partial charge in [0.2, 0.25) is 0 Å². The molecule has 0 spiro atoms. The Morgan fingerprint density at radius 1 is 1.26 bits per heavy atom. The number of nitrogens with one attached hydrogen (secondary N) is 1. The van der Waals surface area contributed by atoms with Crippen molar-refractivity contribution in [2.24, 2.45) is 5.41 Å². The number of fused-ring (bicyclic) bond motifs is 1. The van der Waals surface area contributed by atoms with Crippen LogP contribution >= 0.6 is 11.6 Å². The average Bonchev–Trinajstić information content (AvgIpc) is 2.70. The Morgan fingerprint density at radius 3 is 2.63 bits per heavy atom. The first-order chi connectivity index (χ1) is 8.91. The third-order valence-electron chi connectivity index (χ3n) is 3.25. The van der Waals surface area contributed by atoms with Crippen molar-refractivity contribution < 1.29 is 4.42 Å². The van der Waals surface area contributed by atoms with Gasteiger partial charge in [-0.05, 0) is 42.6 Å². The van der Waals surface area contributed by atoms with Crippen molar-refractivity contribution in [3.8, 4) is 0 Å². The van der Waals surface area contributed by atoms with Gasteiger partial charge in [-0.3, -0.25) is 0 Å². The Labute approximate surface area is 120 Å². The molecule has 0 amide bonds. The second-order valence-electron chi connectivity index (χ2n) is 6.08. The largest absolute Gasteiger partial charge is 0.459 e. The van der Waals surface area contributed by atoms with Crippen LogP contribution in [0.2, 0.25) is 5.02 Å². The molecule has 2 rings (SSSR count). The van der Waals surface area contributed by atoms with E-state index in [0.717, 1.165) is 34.7 Å². The molecule has 19 heavy (non-hydrogen) atoms. The van der Waals surface area contributed by atoms with Gasteiger partial charge in [0, 0.05) is 10.4 Å². The number of halogens is 1. The zero-order valence-electron chi connectivity index (χ0n) is 12.1. The Morgan fingerprint density at radius 2 is 2.00 bits per heavy atom. The fraction of sp³-hybridized carbons (Fsp3) is 0.500. The van der Waals surface area contributed by atoms with E-state index >= 15 is 0 Å². The molecule has 0 aliphatic heterocycles. The summed E-state index contributed by atoms with van der Waals surface area (Å²) >= 11 is 6.02. The molecule has 0 aliphatic rings. The van der Waals surface area contributed by atoms with Crippen LogP contribution in [0.1, 0.15) is 45.9 Å². The number of benzene rings is 1. The van der Waals surface area contributed by atoms with Gasteiger partial charge in [-0.25, -0.2) is 0 Å². The van der Waals surface area contributed by atoms with Crippen LogP contribution < -0.4 is 5.32 Å². The van der Waals surface area contributed by atoms with Crippen LogP contribution in [0.25, 0.3) is 11.0 Å². The minimum atomic E-state index is 0.104. The number of rotatable bonds is 4. The molecule has 0 radical (unpaired) electrons. The first-order valence-electron chi connectivity index (χ1n) is 6.84. The molecular formula is C16H22ClNO. The Hall–Kier alpha value is -0.990. The van der Waals surface area contributed by atoms with Crippen molar-refractivity contribution in [2.45, 2.75) is 40.2 Å². The molecule has 0 saturated heterocycles. The van der Waals surface area contributed by atoms with Gasteiger partial charge in [0.05, 0.1) is 6.04 Å². The second-order valence-corrected chi connectivity index (χ2v) is 6.52. The van der Waals surface area contributed by atoms with Gasteiger partial charge >= 0.3 is 0 Å². The molecule has 1 N–H and O–H groups in total. The Bertz CT molecular complexity index is 553. The van der Waals surface area contributed by atoms with E-state index in [1.54, 1.807) is 0 Å². The van der Waals surface area contributed by atoms with Crippen LogP contribution in [-0.2, 0) is 0 Å². The monoisotopic (exact) mass is 279 g/mol. The highest BCUT2D eigenvalue weighted by atomic mass is 35.5. The summed E-state index contributed by atoms with van der Waals surface area (Å²) < 4.78 is 5.99. The van der Waals surface area contributed by atoms with Crippen LogP contribution in [0.15, 0.2) is 28.7 Å². The molecule has 1 aromatic carbocycles. The highest BCUT2D eigenvalue weighted by Gasteiger charge is 2.28. The predicted molar refractivity (Wildman–Crippen MR) is 81.7 cm³/mol. The van der Waals surface area contributed by atoms with Crippen molar-refractivity contribution in [2.75, 3.05) is 6.54 Å². The summed E-state index contributed by atoms with van der Waals surface area (Å²) in [6, 6.07) is 8.05. The van der Waals surface area contributed by atoms with Crippen LogP contribution in [0, 0.1) is 5.41 Å². The van der Waals surface area contributed by atoms with E-state index < -0.39 is 0 Å². The highest BCUT2D eigenvalue weighted by molar-refractivity contribution is 6.31. The van der Waals surface area contributed by atoms with E-state index in [9.17, 15) is 0 Å². The number of hydrogen-bond acceptors (Lipinski definition) is 2. The zero-order valence-corrected chi connectivity index (χ0v) is 12.8. The van der Waals surface area contributed by atoms with E-state index in [0.29, 0.717) is 0 Å². The summed E-state index contributed by atoms with van der Waals surface area (Å²) in [5.41, 5.74) is 0.999. The third kappa shape index (κ3) is 3.31. The van der Waals surface area contributed by atoms with Crippen LogP contribution in [0.3, 0.4) is 0 Å². The van der Waals surface area contributed by atoms with Gasteiger partial charge < -0.3 is 9.73 Å². The molecule has 3 heteroatoms. The normalized spacial score (nSPS) is 13.9. The maximum absolute atomic E-state index is 6.02. The fourth-order valence-electron chi connectivity index (χ4n) is 2.30. The fourth-order valence-corrected chi connectivity index (χ4v) is 2.48. The smallest absolute Gasteiger partial charge is 0.134 e. The summed E-state index contributed by atoms with van der Waals surface area (Å²) in [5.74, 6) is 0.984. The van der Waals surface area contributed by atoms with Crippen molar-refractivity contribution in [1.29, 1.82) is 0 Å². The maximum atomic E-state index is 6.02. The molecule has 1 heterocycles. The van der Waals surface area contributed by atoms with E-state index in [1.807, 2.05) is 18.2 Å². The molecule has 0 bridgehead atoms. The first kappa shape index (κ1) is 14.4. The van der Waals surface area contributed by atoms with Crippen LogP contribution in [0.5, 0.6) is 0 Å². The number of furan rings is 1. The SMILES string of the molecule is CCCNC(c1cc2cc(Cl)ccc2o1)C(C)(C)C. The maximum Gasteiger partial charge on any atom is 0.134 e. The summed E-state index contributed by atoms with van der Waals surface area (Å²) in [6.07, 6.45) is 1.11. The second kappa shape index (κ2) is 5.56. The summed E-state index contributed by atoms with van der Waals surface area (Å²) in [6.45, 7) is 9.83. The molecule has 2 nitrogen and oxygen atoms in total. The Balaban J connectivity index is 2.38. The lowest BCUT2D eigenvalue weighted by Gasteiger charge is -2.29. The summed E-state index contributed by atoms with van der Waals surface area (Å²) in [7, 11) is 0. The van der Waals surface area contributed by atoms with Crippen molar-refractivity contribution >= 4 is 22.6 Å². The zero-order chi connectivity index (χ0) is 14.0. The number of hydrogen-bond donors (Lipinski definition) is 1. The lowest BCUT2D eigenvalue weighted by atomic mass is 9.85. The van der Waals surface area contributed by atoms with E-state index in [4.69, 9.17) is 16.0 Å². The molecule has 0 aliphatic carbocycles. The predicted octanol–water partition coefficient (Wildman–Crippen LogP) is 5.17. The molecule has 104 valence electrons. The average molecular weight is 280 g/mol. The van der Waals surface area contributed by atoms with Crippen molar-refractivity contribution in [1.82, 2.24) is 5.32 Å². The quantitative estimate of drug-likeness (QED) is 0.835. The minimum absolute atomic E-state index is 0.104. The summed E-state index contributed by atoms with van der Waals surface area (Å²) in [5, 5.41) is 5.38. The third-order valence-corrected chi connectivity index (χ3v) is 3.48. The van der Waals surface area contributed by atoms with Gasteiger partial charge in [0.15, 0.2) is 0 Å². The van der Waals surface area contributed by atoms with Gasteiger partial charge in [0.1, 0.15) is 11.3 Å². The van der Waals surface area contributed by atoms with Gasteiger partial charge in [-0.2, -0.15) is 0 Å².